The summed E-state index contributed by atoms with van der Waals surface area (Å²) in [6, 6.07) is 8.67. The van der Waals surface area contributed by atoms with Gasteiger partial charge in [0.15, 0.2) is 26.3 Å². The number of carbonyl (C=O) groups is 1. The van der Waals surface area contributed by atoms with Gasteiger partial charge in [-0.15, -0.1) is 5.10 Å². The molecule has 7 heteroatoms. The van der Waals surface area contributed by atoms with Gasteiger partial charge in [0.2, 0.25) is 0 Å². The van der Waals surface area contributed by atoms with Crippen molar-refractivity contribution >= 4 is 15.6 Å². The second kappa shape index (κ2) is 4.34. The van der Waals surface area contributed by atoms with Gasteiger partial charge in [0.1, 0.15) is 0 Å². The quantitative estimate of drug-likeness (QED) is 0.769. The van der Waals surface area contributed by atoms with Crippen molar-refractivity contribution in [2.45, 2.75) is 11.9 Å². The first-order chi connectivity index (χ1) is 8.41. The molecule has 0 aliphatic heterocycles. The summed E-state index contributed by atoms with van der Waals surface area (Å²) in [4.78, 5) is 11.4. The predicted octanol–water partition coefficient (Wildman–Crippen LogP) is 0.873. The highest BCUT2D eigenvalue weighted by Crippen LogP contribution is 2.18. The molecule has 0 bridgehead atoms. The van der Waals surface area contributed by atoms with Crippen molar-refractivity contribution < 1.29 is 13.2 Å². The number of hydrogen-bond donors (Lipinski definition) is 0. The van der Waals surface area contributed by atoms with Crippen molar-refractivity contribution in [3.05, 3.63) is 36.0 Å². The highest BCUT2D eigenvalue weighted by atomic mass is 32.2. The van der Waals surface area contributed by atoms with Crippen LogP contribution in [0, 0.1) is 0 Å². The van der Waals surface area contributed by atoms with Crippen molar-refractivity contribution in [1.29, 1.82) is 0 Å². The number of hydrogen-bond acceptors (Lipinski definition) is 5. The first-order valence-corrected chi connectivity index (χ1v) is 7.02. The Morgan fingerprint density at radius 3 is 2.33 bits per heavy atom. The Labute approximate surface area is 104 Å². The molecule has 0 spiro atoms. The highest BCUT2D eigenvalue weighted by Gasteiger charge is 2.25. The van der Waals surface area contributed by atoms with E-state index in [0.717, 1.165) is 10.9 Å². The van der Waals surface area contributed by atoms with Crippen LogP contribution in [0.4, 0.5) is 0 Å². The molecule has 0 aliphatic carbocycles. The zero-order chi connectivity index (χ0) is 13.3. The number of carbonyl (C=O) groups excluding carboxylic acids is 1. The maximum atomic E-state index is 11.8. The maximum absolute atomic E-state index is 11.8. The number of para-hydroxylation sites is 1. The number of Topliss-reactive ketones (excluding diaryl/α,β-unsaturated/α-hetero) is 1. The van der Waals surface area contributed by atoms with Crippen LogP contribution in [0.15, 0.2) is 35.4 Å². The highest BCUT2D eigenvalue weighted by molar-refractivity contribution is 7.90. The average molecular weight is 265 g/mol. The molecule has 0 radical (unpaired) electrons. The first-order valence-electron chi connectivity index (χ1n) is 5.13. The Morgan fingerprint density at radius 1 is 1.22 bits per heavy atom. The number of sulfone groups is 1. The molecule has 0 fully saturated rings. The normalized spacial score (nSPS) is 11.4. The Kier molecular flexibility index (Phi) is 3.00. The summed E-state index contributed by atoms with van der Waals surface area (Å²) in [6.45, 7) is 1.26. The van der Waals surface area contributed by atoms with E-state index in [9.17, 15) is 13.2 Å². The minimum atomic E-state index is -3.60. The lowest BCUT2D eigenvalue weighted by Gasteiger charge is -2.04. The molecule has 0 saturated heterocycles. The monoisotopic (exact) mass is 265 g/mol. The van der Waals surface area contributed by atoms with Gasteiger partial charge in [0.05, 0.1) is 5.69 Å². The molecule has 0 amide bonds. The lowest BCUT2D eigenvalue weighted by Crippen LogP contribution is -2.11. The van der Waals surface area contributed by atoms with Crippen LogP contribution in [0.2, 0.25) is 0 Å². The van der Waals surface area contributed by atoms with Crippen molar-refractivity contribution in [2.24, 2.45) is 0 Å². The first kappa shape index (κ1) is 12.4. The van der Waals surface area contributed by atoms with Crippen LogP contribution in [0.5, 0.6) is 0 Å². The molecule has 0 saturated carbocycles. The van der Waals surface area contributed by atoms with Gasteiger partial charge in [0.25, 0.3) is 0 Å². The van der Waals surface area contributed by atoms with Gasteiger partial charge in [-0.25, -0.2) is 13.1 Å². The largest absolute Gasteiger partial charge is 0.293 e. The number of aromatic nitrogens is 3. The van der Waals surface area contributed by atoms with E-state index in [1.807, 2.05) is 0 Å². The van der Waals surface area contributed by atoms with Crippen LogP contribution >= 0.6 is 0 Å². The average Bonchev–Trinajstić information content (AvgIpc) is 2.74. The van der Waals surface area contributed by atoms with Crippen molar-refractivity contribution in [3.63, 3.8) is 0 Å². The molecule has 94 valence electrons. The van der Waals surface area contributed by atoms with Gasteiger partial charge >= 0.3 is 0 Å². The Balaban J connectivity index is 2.75. The standard InChI is InChI=1S/C11H11N3O3S/c1-8(15)10-11(18(2,16)17)14(13-12-10)9-6-4-3-5-7-9/h3-7H,1-2H3. The summed E-state index contributed by atoms with van der Waals surface area (Å²) >= 11 is 0. The lowest BCUT2D eigenvalue weighted by molar-refractivity contribution is 0.100. The summed E-state index contributed by atoms with van der Waals surface area (Å²) in [6.07, 6.45) is 1.03. The third-order valence-electron chi connectivity index (χ3n) is 2.31. The molecule has 6 nitrogen and oxygen atoms in total. The molecule has 2 aromatic rings. The fraction of sp³-hybridized carbons (Fsp3) is 0.182. The Morgan fingerprint density at radius 2 is 1.83 bits per heavy atom. The van der Waals surface area contributed by atoms with Gasteiger partial charge in [-0.1, -0.05) is 23.4 Å². The molecule has 0 atom stereocenters. The fourth-order valence-electron chi connectivity index (χ4n) is 1.56. The van der Waals surface area contributed by atoms with E-state index in [-0.39, 0.29) is 10.7 Å². The molecule has 1 aromatic carbocycles. The minimum absolute atomic E-state index is 0.138. The lowest BCUT2D eigenvalue weighted by atomic mass is 10.3. The maximum Gasteiger partial charge on any atom is 0.195 e. The summed E-state index contributed by atoms with van der Waals surface area (Å²) in [5.41, 5.74) is 0.402. The van der Waals surface area contributed by atoms with Crippen molar-refractivity contribution in [2.75, 3.05) is 6.26 Å². The van der Waals surface area contributed by atoms with E-state index in [2.05, 4.69) is 10.3 Å². The van der Waals surface area contributed by atoms with Crippen LogP contribution in [0.25, 0.3) is 5.69 Å². The molecular formula is C11H11N3O3S. The SMILES string of the molecule is CC(=O)c1nnn(-c2ccccc2)c1S(C)(=O)=O. The number of benzene rings is 1. The van der Waals surface area contributed by atoms with E-state index in [1.165, 1.54) is 6.92 Å². The predicted molar refractivity (Wildman–Crippen MR) is 64.5 cm³/mol. The molecule has 18 heavy (non-hydrogen) atoms. The van der Waals surface area contributed by atoms with Gasteiger partial charge in [0, 0.05) is 13.2 Å². The fourth-order valence-corrected chi connectivity index (χ4v) is 2.56. The minimum Gasteiger partial charge on any atom is -0.293 e. The smallest absolute Gasteiger partial charge is 0.195 e. The van der Waals surface area contributed by atoms with E-state index in [1.54, 1.807) is 30.3 Å². The van der Waals surface area contributed by atoms with Crippen molar-refractivity contribution in [1.82, 2.24) is 15.0 Å². The van der Waals surface area contributed by atoms with Crippen LogP contribution in [-0.2, 0) is 9.84 Å². The molecule has 1 aromatic heterocycles. The van der Waals surface area contributed by atoms with Gasteiger partial charge in [-0.05, 0) is 12.1 Å². The Bertz CT molecular complexity index is 690. The summed E-state index contributed by atoms with van der Waals surface area (Å²) in [5, 5.41) is 7.20. The van der Waals surface area contributed by atoms with Crippen LogP contribution < -0.4 is 0 Å². The second-order valence-electron chi connectivity index (χ2n) is 3.82. The van der Waals surface area contributed by atoms with E-state index in [4.69, 9.17) is 0 Å². The topological polar surface area (TPSA) is 81.9 Å². The van der Waals surface area contributed by atoms with E-state index in [0.29, 0.717) is 5.69 Å². The molecule has 0 N–H and O–H groups in total. The third-order valence-corrected chi connectivity index (χ3v) is 3.38. The molecule has 1 heterocycles. The molecule has 2 rings (SSSR count). The van der Waals surface area contributed by atoms with Gasteiger partial charge < -0.3 is 0 Å². The third kappa shape index (κ3) is 2.17. The number of nitrogens with zero attached hydrogens (tertiary/aromatic N) is 3. The van der Waals surface area contributed by atoms with Crippen molar-refractivity contribution in [3.8, 4) is 5.69 Å². The summed E-state index contributed by atoms with van der Waals surface area (Å²) in [7, 11) is -3.60. The van der Waals surface area contributed by atoms with Crippen LogP contribution in [-0.4, -0.2) is 35.5 Å². The van der Waals surface area contributed by atoms with Gasteiger partial charge in [-0.2, -0.15) is 0 Å². The van der Waals surface area contributed by atoms with E-state index < -0.39 is 15.6 Å². The number of rotatable bonds is 3. The van der Waals surface area contributed by atoms with Gasteiger partial charge in [-0.3, -0.25) is 4.79 Å². The van der Waals surface area contributed by atoms with E-state index >= 15 is 0 Å². The summed E-state index contributed by atoms with van der Waals surface area (Å²) in [5.74, 6) is -0.433. The number of ketones is 1. The van der Waals surface area contributed by atoms with Crippen LogP contribution in [0.1, 0.15) is 17.4 Å². The molecule has 0 unspecified atom stereocenters. The Hall–Kier alpha value is -2.02. The summed E-state index contributed by atoms with van der Waals surface area (Å²) < 4.78 is 24.7. The molecular weight excluding hydrogens is 254 g/mol. The second-order valence-corrected chi connectivity index (χ2v) is 5.75. The van der Waals surface area contributed by atoms with Crippen LogP contribution in [0.3, 0.4) is 0 Å². The molecule has 0 aliphatic rings. The zero-order valence-corrected chi connectivity index (χ0v) is 10.7. The zero-order valence-electron chi connectivity index (χ0n) is 9.86.